The highest BCUT2D eigenvalue weighted by Gasteiger charge is 2.72. The summed E-state index contributed by atoms with van der Waals surface area (Å²) >= 11 is 7.16. The molecule has 1 aromatic heterocycles. The van der Waals surface area contributed by atoms with E-state index in [9.17, 15) is 14.4 Å². The Morgan fingerprint density at radius 1 is 1.02 bits per heavy atom. The second-order valence-electron chi connectivity index (χ2n) is 14.7. The minimum atomic E-state index is -1.30. The summed E-state index contributed by atoms with van der Waals surface area (Å²) in [5.74, 6) is -0.185. The summed E-state index contributed by atoms with van der Waals surface area (Å²) in [4.78, 5) is 44.7. The Hall–Kier alpha value is -4.67. The van der Waals surface area contributed by atoms with E-state index in [2.05, 4.69) is 23.9 Å². The highest BCUT2D eigenvalue weighted by molar-refractivity contribution is 6.38. The van der Waals surface area contributed by atoms with E-state index in [4.69, 9.17) is 35.1 Å². The molecule has 0 N–H and O–H groups in total. The Labute approximate surface area is 300 Å². The average Bonchev–Trinajstić information content (AvgIpc) is 3.73. The van der Waals surface area contributed by atoms with Crippen LogP contribution >= 0.6 is 11.6 Å². The highest BCUT2D eigenvalue weighted by Crippen LogP contribution is 2.63. The first-order valence-corrected chi connectivity index (χ1v) is 17.9. The maximum absolute atomic E-state index is 14.8. The number of allylic oxidation sites excluding steroid dienone is 1. The highest BCUT2D eigenvalue weighted by atomic mass is 35.5. The van der Waals surface area contributed by atoms with Crippen LogP contribution in [-0.4, -0.2) is 52.1 Å². The number of hydrogen-bond donors (Lipinski definition) is 0. The standard InChI is InChI=1S/C40H39ClN2O8/c1-6-43(7-2)19-22-13-14-25-26(15-22)34(48-38(46)50-39(3,4)5)30-27(32(25)41)17-23-16-24-18-28-31(35(45)40(24)36(49-40)29(23)33(30)44)37(42-51-28)47-20-21-11-9-8-10-12-21/h8-15,23-24H,6-7,16-20H2,1-5H3/t23-,24+,40-/m1/s1. The normalized spacial score (nSPS) is 21.7. The minimum absolute atomic E-state index is 0.0984. The monoisotopic (exact) mass is 710 g/mol. The third kappa shape index (κ3) is 5.51. The number of aromatic nitrogens is 1. The molecule has 8 rings (SSSR count). The quantitative estimate of drug-likeness (QED) is 0.101. The van der Waals surface area contributed by atoms with Gasteiger partial charge in [0.1, 0.15) is 17.8 Å². The Morgan fingerprint density at radius 3 is 2.51 bits per heavy atom. The first-order valence-electron chi connectivity index (χ1n) is 17.5. The number of halogens is 1. The van der Waals surface area contributed by atoms with Crippen LogP contribution in [0.4, 0.5) is 4.79 Å². The summed E-state index contributed by atoms with van der Waals surface area (Å²) in [5, 5.41) is 5.77. The third-order valence-corrected chi connectivity index (χ3v) is 10.9. The molecular formula is C40H39ClN2O8. The van der Waals surface area contributed by atoms with Crippen molar-refractivity contribution in [2.45, 2.75) is 78.2 Å². The molecule has 1 spiro atoms. The van der Waals surface area contributed by atoms with Gasteiger partial charge in [-0.25, -0.2) is 4.79 Å². The number of rotatable bonds is 8. The maximum Gasteiger partial charge on any atom is 0.514 e. The fraction of sp³-hybridized carbons (Fsp3) is 0.400. The van der Waals surface area contributed by atoms with Crippen molar-refractivity contribution >= 4 is 40.1 Å². The van der Waals surface area contributed by atoms with Gasteiger partial charge in [-0.15, -0.1) is 0 Å². The summed E-state index contributed by atoms with van der Waals surface area (Å²) in [5.41, 5.74) is 1.24. The van der Waals surface area contributed by atoms with Crippen LogP contribution in [0.25, 0.3) is 10.8 Å². The largest absolute Gasteiger partial charge is 0.514 e. The zero-order valence-corrected chi connectivity index (χ0v) is 30.0. The van der Waals surface area contributed by atoms with E-state index >= 15 is 0 Å². The summed E-state index contributed by atoms with van der Waals surface area (Å²) < 4.78 is 29.5. The number of carbonyl (C=O) groups is 3. The molecule has 1 saturated heterocycles. The smallest absolute Gasteiger partial charge is 0.470 e. The van der Waals surface area contributed by atoms with Crippen LogP contribution in [-0.2, 0) is 35.5 Å². The summed E-state index contributed by atoms with van der Waals surface area (Å²) in [7, 11) is 0. The molecule has 2 heterocycles. The van der Waals surface area contributed by atoms with E-state index in [1.54, 1.807) is 20.8 Å². The summed E-state index contributed by atoms with van der Waals surface area (Å²) in [6, 6.07) is 15.4. The Morgan fingerprint density at radius 2 is 1.78 bits per heavy atom. The number of hydrogen-bond acceptors (Lipinski definition) is 10. The van der Waals surface area contributed by atoms with Crippen molar-refractivity contribution < 1.29 is 37.9 Å². The predicted octanol–water partition coefficient (Wildman–Crippen LogP) is 8.05. The SMILES string of the molecule is CCN(CC)Cc1ccc2c(Cl)c3c(c(OC(=O)OC(C)(C)C)c2c1)C(=O)C1=C2O[C@]24C(=O)c2c(OCc5ccccc5)noc2C[C@@H]4C[C@@H]1C3. The van der Waals surface area contributed by atoms with E-state index < -0.39 is 17.4 Å². The van der Waals surface area contributed by atoms with Crippen LogP contribution in [0.1, 0.15) is 84.2 Å². The van der Waals surface area contributed by atoms with E-state index in [1.165, 1.54) is 0 Å². The molecule has 11 heteroatoms. The molecule has 1 aliphatic heterocycles. The van der Waals surface area contributed by atoms with Gasteiger partial charge in [0, 0.05) is 35.2 Å². The van der Waals surface area contributed by atoms with Gasteiger partial charge in [-0.05, 0) is 80.5 Å². The molecule has 0 amide bonds. The number of fused-ring (bicyclic) bond motifs is 4. The van der Waals surface area contributed by atoms with Crippen molar-refractivity contribution in [3.63, 3.8) is 0 Å². The first kappa shape index (κ1) is 33.5. The van der Waals surface area contributed by atoms with Crippen LogP contribution < -0.4 is 9.47 Å². The van der Waals surface area contributed by atoms with Crippen molar-refractivity contribution in [1.82, 2.24) is 10.1 Å². The van der Waals surface area contributed by atoms with Gasteiger partial charge in [0.2, 0.25) is 11.4 Å². The zero-order chi connectivity index (χ0) is 35.8. The van der Waals surface area contributed by atoms with Gasteiger partial charge in [0.15, 0.2) is 23.1 Å². The molecule has 0 radical (unpaired) electrons. The van der Waals surface area contributed by atoms with E-state index in [0.29, 0.717) is 64.3 Å². The van der Waals surface area contributed by atoms with Gasteiger partial charge in [-0.1, -0.05) is 67.9 Å². The number of nitrogens with zero attached hydrogens (tertiary/aromatic N) is 2. The van der Waals surface area contributed by atoms with Gasteiger partial charge < -0.3 is 23.5 Å². The molecule has 0 bridgehead atoms. The van der Waals surface area contributed by atoms with Crippen LogP contribution in [0.15, 0.2) is 64.4 Å². The lowest BCUT2D eigenvalue weighted by Crippen LogP contribution is -2.44. The molecule has 51 heavy (non-hydrogen) atoms. The number of benzene rings is 3. The van der Waals surface area contributed by atoms with Gasteiger partial charge in [-0.2, -0.15) is 0 Å². The molecule has 3 atom stereocenters. The molecule has 1 fully saturated rings. The second-order valence-corrected chi connectivity index (χ2v) is 15.1. The number of Topliss-reactive ketones (excluding diaryl/α,β-unsaturated/α-hetero) is 2. The number of ether oxygens (including phenoxy) is 4. The van der Waals surface area contributed by atoms with Gasteiger partial charge >= 0.3 is 6.16 Å². The first-order chi connectivity index (χ1) is 24.4. The van der Waals surface area contributed by atoms with Crippen LogP contribution in [0.2, 0.25) is 5.02 Å². The van der Waals surface area contributed by atoms with E-state index in [-0.39, 0.29) is 52.8 Å². The van der Waals surface area contributed by atoms with Crippen molar-refractivity contribution in [1.29, 1.82) is 0 Å². The lowest BCUT2D eigenvalue weighted by Gasteiger charge is -2.35. The Bertz CT molecular complexity index is 2140. The summed E-state index contributed by atoms with van der Waals surface area (Å²) in [6.45, 7) is 12.0. The molecular weight excluding hydrogens is 672 g/mol. The molecule has 0 unspecified atom stereocenters. The summed E-state index contributed by atoms with van der Waals surface area (Å²) in [6.07, 6.45) is 0.378. The molecule has 3 aliphatic carbocycles. The molecule has 10 nitrogen and oxygen atoms in total. The lowest BCUT2D eigenvalue weighted by molar-refractivity contribution is 0.0208. The van der Waals surface area contributed by atoms with Gasteiger partial charge in [-0.3, -0.25) is 14.5 Å². The van der Waals surface area contributed by atoms with Crippen molar-refractivity contribution in [2.75, 3.05) is 13.1 Å². The van der Waals surface area contributed by atoms with E-state index in [1.807, 2.05) is 48.5 Å². The fourth-order valence-electron chi connectivity index (χ4n) is 8.00. The molecule has 264 valence electrons. The molecule has 4 aliphatic rings. The van der Waals surface area contributed by atoms with Crippen molar-refractivity contribution in [3.8, 4) is 11.6 Å². The average molecular weight is 711 g/mol. The fourth-order valence-corrected chi connectivity index (χ4v) is 8.34. The minimum Gasteiger partial charge on any atom is -0.470 e. The third-order valence-electron chi connectivity index (χ3n) is 10.5. The lowest BCUT2D eigenvalue weighted by atomic mass is 9.63. The topological polar surface area (TPSA) is 121 Å². The second kappa shape index (κ2) is 12.2. The Kier molecular flexibility index (Phi) is 8.03. The molecule has 3 aromatic carbocycles. The zero-order valence-electron chi connectivity index (χ0n) is 29.3. The predicted molar refractivity (Wildman–Crippen MR) is 188 cm³/mol. The van der Waals surface area contributed by atoms with E-state index in [0.717, 1.165) is 24.2 Å². The van der Waals surface area contributed by atoms with Crippen LogP contribution in [0.5, 0.6) is 11.6 Å². The molecule has 0 saturated carbocycles. The maximum atomic E-state index is 14.8. The van der Waals surface area contributed by atoms with Gasteiger partial charge in [0.25, 0.3) is 5.88 Å². The van der Waals surface area contributed by atoms with Crippen molar-refractivity contribution in [3.05, 3.63) is 98.5 Å². The molecule has 4 aromatic rings. The number of ketones is 2. The number of epoxide rings is 1. The van der Waals surface area contributed by atoms with Gasteiger partial charge in [0.05, 0.1) is 10.6 Å². The van der Waals surface area contributed by atoms with Crippen LogP contribution in [0, 0.1) is 11.8 Å². The number of carbonyl (C=O) groups excluding carboxylic acids is 3. The Balaban J connectivity index is 1.21. The van der Waals surface area contributed by atoms with Crippen molar-refractivity contribution in [2.24, 2.45) is 11.8 Å². The van der Waals surface area contributed by atoms with Crippen LogP contribution in [0.3, 0.4) is 0 Å².